The summed E-state index contributed by atoms with van der Waals surface area (Å²) in [5, 5.41) is 0. The number of hydrogen-bond donors (Lipinski definition) is 1. The van der Waals surface area contributed by atoms with Crippen molar-refractivity contribution < 1.29 is 17.9 Å². The fourth-order valence-electron chi connectivity index (χ4n) is 1.64. The highest BCUT2D eigenvalue weighted by molar-refractivity contribution is 5.41. The van der Waals surface area contributed by atoms with Gasteiger partial charge in [0.25, 0.3) is 0 Å². The van der Waals surface area contributed by atoms with Crippen molar-refractivity contribution in [1.29, 1.82) is 0 Å². The van der Waals surface area contributed by atoms with Gasteiger partial charge >= 0.3 is 6.18 Å². The zero-order valence-corrected chi connectivity index (χ0v) is 10.7. The van der Waals surface area contributed by atoms with Crippen LogP contribution in [0.4, 0.5) is 13.2 Å². The quantitative estimate of drug-likeness (QED) is 0.934. The summed E-state index contributed by atoms with van der Waals surface area (Å²) in [6.07, 6.45) is -2.98. The lowest BCUT2D eigenvalue weighted by Crippen LogP contribution is -2.09. The monoisotopic (exact) mass is 282 g/mol. The highest BCUT2D eigenvalue weighted by Crippen LogP contribution is 2.38. The lowest BCUT2D eigenvalue weighted by molar-refractivity contribution is -0.138. The van der Waals surface area contributed by atoms with Gasteiger partial charge in [0.05, 0.1) is 5.56 Å². The van der Waals surface area contributed by atoms with Crippen LogP contribution in [0.1, 0.15) is 16.7 Å². The van der Waals surface area contributed by atoms with Gasteiger partial charge in [-0.25, -0.2) is 4.98 Å². The fraction of sp³-hybridized carbons (Fsp3) is 0.214. The molecule has 0 radical (unpaired) electrons. The van der Waals surface area contributed by atoms with Gasteiger partial charge < -0.3 is 10.5 Å². The Morgan fingerprint density at radius 1 is 1.20 bits per heavy atom. The Morgan fingerprint density at radius 2 is 1.95 bits per heavy atom. The van der Waals surface area contributed by atoms with Gasteiger partial charge in [0.1, 0.15) is 5.75 Å². The molecule has 3 nitrogen and oxygen atoms in total. The van der Waals surface area contributed by atoms with Gasteiger partial charge in [0, 0.05) is 18.8 Å². The first-order valence-corrected chi connectivity index (χ1v) is 5.91. The summed E-state index contributed by atoms with van der Waals surface area (Å²) in [4.78, 5) is 3.93. The van der Waals surface area contributed by atoms with Gasteiger partial charge in [-0.05, 0) is 30.2 Å². The van der Waals surface area contributed by atoms with E-state index >= 15 is 0 Å². The molecule has 6 heteroatoms. The Morgan fingerprint density at radius 3 is 2.50 bits per heavy atom. The van der Waals surface area contributed by atoms with E-state index < -0.39 is 11.7 Å². The second kappa shape index (κ2) is 5.50. The second-order valence-corrected chi connectivity index (χ2v) is 4.31. The molecule has 0 aliphatic heterocycles. The summed E-state index contributed by atoms with van der Waals surface area (Å²) in [5.41, 5.74) is 5.79. The maximum absolute atomic E-state index is 13.0. The third kappa shape index (κ3) is 3.27. The summed E-state index contributed by atoms with van der Waals surface area (Å²) in [5.74, 6) is -0.173. The number of nitrogens with zero attached hydrogens (tertiary/aromatic N) is 1. The second-order valence-electron chi connectivity index (χ2n) is 4.31. The van der Waals surface area contributed by atoms with E-state index in [1.54, 1.807) is 6.07 Å². The maximum atomic E-state index is 13.0. The molecule has 1 heterocycles. The summed E-state index contributed by atoms with van der Waals surface area (Å²) in [7, 11) is 0. The lowest BCUT2D eigenvalue weighted by Gasteiger charge is -2.14. The van der Waals surface area contributed by atoms with E-state index in [0.717, 1.165) is 11.6 Å². The van der Waals surface area contributed by atoms with Crippen LogP contribution in [0.2, 0.25) is 0 Å². The number of nitrogens with two attached hydrogens (primary N) is 1. The Balaban J connectivity index is 2.38. The van der Waals surface area contributed by atoms with Gasteiger partial charge in [-0.15, -0.1) is 0 Å². The zero-order valence-electron chi connectivity index (χ0n) is 10.7. The molecule has 1 aromatic carbocycles. The number of hydrogen-bond acceptors (Lipinski definition) is 3. The highest BCUT2D eigenvalue weighted by atomic mass is 19.4. The van der Waals surface area contributed by atoms with Crippen LogP contribution in [-0.4, -0.2) is 4.98 Å². The summed E-state index contributed by atoms with van der Waals surface area (Å²) < 4.78 is 44.2. The van der Waals surface area contributed by atoms with E-state index in [4.69, 9.17) is 10.5 Å². The van der Waals surface area contributed by atoms with Crippen LogP contribution in [0.15, 0.2) is 36.5 Å². The number of alkyl halides is 3. The number of halogens is 3. The molecule has 2 aromatic rings. The molecule has 0 aliphatic carbocycles. The topological polar surface area (TPSA) is 48.1 Å². The van der Waals surface area contributed by atoms with Crippen molar-refractivity contribution in [3.8, 4) is 11.6 Å². The van der Waals surface area contributed by atoms with Crippen LogP contribution >= 0.6 is 0 Å². The number of ether oxygens (including phenoxy) is 1. The summed E-state index contributed by atoms with van der Waals surface area (Å²) in [6.45, 7) is 1.86. The molecule has 0 bridgehead atoms. The number of aryl methyl sites for hydroxylation is 1. The van der Waals surface area contributed by atoms with E-state index in [9.17, 15) is 13.2 Å². The van der Waals surface area contributed by atoms with Crippen molar-refractivity contribution in [3.05, 3.63) is 53.2 Å². The number of aromatic nitrogens is 1. The van der Waals surface area contributed by atoms with Crippen molar-refractivity contribution in [2.75, 3.05) is 0 Å². The molecule has 0 atom stereocenters. The molecule has 0 amide bonds. The van der Waals surface area contributed by atoms with E-state index in [-0.39, 0.29) is 18.2 Å². The van der Waals surface area contributed by atoms with Gasteiger partial charge in [-0.1, -0.05) is 12.1 Å². The van der Waals surface area contributed by atoms with Crippen LogP contribution in [0.5, 0.6) is 11.6 Å². The SMILES string of the molecule is Cc1ccc(Oc2ccc(CN)cc2C(F)(F)F)nc1. The minimum absolute atomic E-state index is 0.0339. The molecule has 2 N–H and O–H groups in total. The first-order valence-electron chi connectivity index (χ1n) is 5.91. The molecule has 0 saturated heterocycles. The van der Waals surface area contributed by atoms with Crippen molar-refractivity contribution in [3.63, 3.8) is 0 Å². The molecule has 106 valence electrons. The van der Waals surface area contributed by atoms with Crippen LogP contribution in [0.25, 0.3) is 0 Å². The summed E-state index contributed by atoms with van der Waals surface area (Å²) >= 11 is 0. The predicted octanol–water partition coefficient (Wildman–Crippen LogP) is 3.66. The van der Waals surface area contributed by atoms with E-state index in [2.05, 4.69) is 4.98 Å². The average molecular weight is 282 g/mol. The Labute approximate surface area is 114 Å². The van der Waals surface area contributed by atoms with Crippen molar-refractivity contribution >= 4 is 0 Å². The first kappa shape index (κ1) is 14.3. The third-order valence-electron chi connectivity index (χ3n) is 2.68. The molecule has 20 heavy (non-hydrogen) atoms. The van der Waals surface area contributed by atoms with Crippen LogP contribution < -0.4 is 10.5 Å². The minimum Gasteiger partial charge on any atom is -0.438 e. The first-order chi connectivity index (χ1) is 9.40. The Kier molecular flexibility index (Phi) is 3.94. The van der Waals surface area contributed by atoms with Crippen molar-refractivity contribution in [2.24, 2.45) is 5.73 Å². The Hall–Kier alpha value is -2.08. The van der Waals surface area contributed by atoms with E-state index in [1.807, 2.05) is 6.92 Å². The Bertz CT molecular complexity index is 594. The van der Waals surface area contributed by atoms with Gasteiger partial charge in [0.15, 0.2) is 0 Å². The molecule has 1 aromatic heterocycles. The number of pyridine rings is 1. The molecule has 0 spiro atoms. The normalized spacial score (nSPS) is 11.4. The standard InChI is InChI=1S/C14H13F3N2O/c1-9-2-5-13(19-8-9)20-12-4-3-10(7-18)6-11(12)14(15,16)17/h2-6,8H,7,18H2,1H3. The molecule has 0 saturated carbocycles. The maximum Gasteiger partial charge on any atom is 0.419 e. The molecular weight excluding hydrogens is 269 g/mol. The fourth-order valence-corrected chi connectivity index (χ4v) is 1.64. The van der Waals surface area contributed by atoms with E-state index in [0.29, 0.717) is 5.56 Å². The molecule has 0 aliphatic rings. The van der Waals surface area contributed by atoms with Gasteiger partial charge in [-0.2, -0.15) is 13.2 Å². The van der Waals surface area contributed by atoms with Crippen LogP contribution in [-0.2, 0) is 12.7 Å². The molecule has 2 rings (SSSR count). The van der Waals surface area contributed by atoms with Crippen LogP contribution in [0, 0.1) is 6.92 Å². The molecule has 0 fully saturated rings. The third-order valence-corrected chi connectivity index (χ3v) is 2.68. The number of rotatable bonds is 3. The number of benzene rings is 1. The highest BCUT2D eigenvalue weighted by Gasteiger charge is 2.34. The average Bonchev–Trinajstić information content (AvgIpc) is 2.40. The molecule has 0 unspecified atom stereocenters. The van der Waals surface area contributed by atoms with Crippen molar-refractivity contribution in [2.45, 2.75) is 19.6 Å². The smallest absolute Gasteiger partial charge is 0.419 e. The van der Waals surface area contributed by atoms with Gasteiger partial charge in [0.2, 0.25) is 5.88 Å². The van der Waals surface area contributed by atoms with Gasteiger partial charge in [-0.3, -0.25) is 0 Å². The predicted molar refractivity (Wildman–Crippen MR) is 68.4 cm³/mol. The zero-order chi connectivity index (χ0) is 14.8. The van der Waals surface area contributed by atoms with Crippen molar-refractivity contribution in [1.82, 2.24) is 4.98 Å². The lowest BCUT2D eigenvalue weighted by atomic mass is 10.1. The summed E-state index contributed by atoms with van der Waals surface area (Å²) in [6, 6.07) is 6.98. The van der Waals surface area contributed by atoms with Crippen LogP contribution in [0.3, 0.4) is 0 Å². The minimum atomic E-state index is -4.51. The van der Waals surface area contributed by atoms with E-state index in [1.165, 1.54) is 24.4 Å². The molecular formula is C14H13F3N2O. The largest absolute Gasteiger partial charge is 0.438 e.